The summed E-state index contributed by atoms with van der Waals surface area (Å²) in [6.07, 6.45) is 11.0. The highest BCUT2D eigenvalue weighted by Crippen LogP contribution is 2.29. The molecular weight excluding hydrogens is 849 g/mol. The number of carbonyl (C=O) groups is 4. The van der Waals surface area contributed by atoms with E-state index in [0.29, 0.717) is 62.6 Å². The summed E-state index contributed by atoms with van der Waals surface area (Å²) >= 11 is 0. The summed E-state index contributed by atoms with van der Waals surface area (Å²) in [5.74, 6) is -1.17. The number of fused-ring (bicyclic) bond motifs is 2. The number of piperidine rings is 2. The summed E-state index contributed by atoms with van der Waals surface area (Å²) in [6, 6.07) is 13.0. The monoisotopic (exact) mass is 923 g/mol. The highest BCUT2D eigenvalue weighted by molar-refractivity contribution is 5.88. The third-order valence-corrected chi connectivity index (χ3v) is 14.5. The average Bonchev–Trinajstić information content (AvgIpc) is 3.77. The number of nitrogens with zero attached hydrogens (tertiary/aromatic N) is 7. The molecule has 67 heavy (non-hydrogen) atoms. The summed E-state index contributed by atoms with van der Waals surface area (Å²) in [5.41, 5.74) is 3.77. The van der Waals surface area contributed by atoms with Crippen molar-refractivity contribution in [2.24, 2.45) is 11.8 Å². The number of likely N-dealkylation sites (tertiary alicyclic amines) is 2. The van der Waals surface area contributed by atoms with Crippen LogP contribution in [-0.2, 0) is 43.7 Å². The number of carbonyl (C=O) groups excluding carboxylic acids is 4. The highest BCUT2D eigenvalue weighted by Gasteiger charge is 2.34. The van der Waals surface area contributed by atoms with Gasteiger partial charge in [-0.25, -0.2) is 9.48 Å². The van der Waals surface area contributed by atoms with Gasteiger partial charge < -0.3 is 29.5 Å². The van der Waals surface area contributed by atoms with Crippen LogP contribution in [0.25, 0.3) is 21.8 Å². The van der Waals surface area contributed by atoms with Gasteiger partial charge in [-0.05, 0) is 106 Å². The molecule has 1 N–H and O–H groups in total. The van der Waals surface area contributed by atoms with Crippen LogP contribution in [0.4, 0.5) is 4.79 Å². The molecule has 5 heterocycles. The fourth-order valence-corrected chi connectivity index (χ4v) is 10.1. The Kier molecular flexibility index (Phi) is 17.1. The molecular formula is C52H74N8O7. The number of rotatable bonds is 18. The fraction of sp³-hybridized carbons (Fsp3) is 0.615. The molecule has 0 aliphatic carbocycles. The van der Waals surface area contributed by atoms with Crippen LogP contribution in [0.5, 0.6) is 0 Å². The first-order valence-corrected chi connectivity index (χ1v) is 25.0. The molecule has 2 aromatic carbocycles. The number of pyridine rings is 1. The summed E-state index contributed by atoms with van der Waals surface area (Å²) in [4.78, 5) is 77.1. The average molecular weight is 923 g/mol. The number of hydrogen-bond acceptors (Lipinski definition) is 10. The van der Waals surface area contributed by atoms with E-state index in [2.05, 4.69) is 36.0 Å². The lowest BCUT2D eigenvalue weighted by Crippen LogP contribution is -2.59. The van der Waals surface area contributed by atoms with Gasteiger partial charge in [-0.15, -0.1) is 0 Å². The predicted octanol–water partition coefficient (Wildman–Crippen LogP) is 7.05. The molecule has 7 rings (SSSR count). The summed E-state index contributed by atoms with van der Waals surface area (Å²) in [5, 5.41) is 9.64. The molecule has 3 fully saturated rings. The number of benzene rings is 2. The Morgan fingerprint density at radius 2 is 1.42 bits per heavy atom. The number of aryl methyl sites for hydroxylation is 1. The van der Waals surface area contributed by atoms with Crippen molar-refractivity contribution in [2.45, 2.75) is 137 Å². The zero-order valence-electron chi connectivity index (χ0n) is 40.8. The van der Waals surface area contributed by atoms with Crippen LogP contribution in [0, 0.1) is 18.8 Å². The summed E-state index contributed by atoms with van der Waals surface area (Å²) < 4.78 is 14.5. The first-order valence-electron chi connectivity index (χ1n) is 25.0. The van der Waals surface area contributed by atoms with Crippen molar-refractivity contribution in [1.29, 1.82) is 0 Å². The van der Waals surface area contributed by atoms with E-state index in [1.54, 1.807) is 14.1 Å². The van der Waals surface area contributed by atoms with E-state index in [0.717, 1.165) is 105 Å². The molecule has 15 nitrogen and oxygen atoms in total. The first-order chi connectivity index (χ1) is 32.3. The molecule has 0 radical (unpaired) electrons. The van der Waals surface area contributed by atoms with Crippen molar-refractivity contribution in [3.8, 4) is 0 Å². The molecule has 15 heteroatoms. The minimum atomic E-state index is -0.808. The second-order valence-corrected chi connectivity index (χ2v) is 19.5. The van der Waals surface area contributed by atoms with E-state index in [1.807, 2.05) is 74.3 Å². The van der Waals surface area contributed by atoms with Crippen LogP contribution in [-0.4, -0.2) is 129 Å². The number of unbranched alkanes of at least 4 members (excludes halogenated alkanes) is 2. The maximum absolute atomic E-state index is 14.6. The molecule has 3 aliphatic heterocycles. The van der Waals surface area contributed by atoms with Crippen molar-refractivity contribution < 1.29 is 28.7 Å². The Bertz CT molecular complexity index is 2390. The smallest absolute Gasteiger partial charge is 0.318 e. The van der Waals surface area contributed by atoms with Gasteiger partial charge in [0, 0.05) is 68.9 Å². The third kappa shape index (κ3) is 12.4. The number of esters is 2. The minimum Gasteiger partial charge on any atom is -0.444 e. The van der Waals surface area contributed by atoms with Crippen molar-refractivity contribution in [3.63, 3.8) is 0 Å². The van der Waals surface area contributed by atoms with Crippen molar-refractivity contribution in [1.82, 2.24) is 39.3 Å². The zero-order chi connectivity index (χ0) is 47.6. The van der Waals surface area contributed by atoms with E-state index < -0.39 is 6.04 Å². The van der Waals surface area contributed by atoms with Crippen LogP contribution >= 0.6 is 0 Å². The quantitative estimate of drug-likeness (QED) is 0.103. The number of para-hydroxylation sites is 1. The van der Waals surface area contributed by atoms with Gasteiger partial charge in [-0.1, -0.05) is 77.6 Å². The standard InChI is InChI=1S/C52H74N8O7/c1-7-9-13-36(3)50(63)66-34-59-33-42-30-39(29-38(5)47(42)54-59)31-45(49(62)57-27-25-56(26-28-57)43-19-21-55(6)22-20-43)53-52(65)58-23-17-40(18-24-58)44-32-41-15-11-12-16-46(41)60(48(44)61)35-67-51(64)37(4)14-10-8-2/h11-12,15-16,29-30,32-33,36-37,40,43,45H,7-10,13-14,17-28,31,34-35H2,1-6H3,(H,53,65). The fourth-order valence-electron chi connectivity index (χ4n) is 10.1. The van der Waals surface area contributed by atoms with Crippen LogP contribution in [0.15, 0.2) is 53.5 Å². The zero-order valence-corrected chi connectivity index (χ0v) is 40.8. The molecule has 4 aromatic rings. The molecule has 3 saturated heterocycles. The summed E-state index contributed by atoms with van der Waals surface area (Å²) in [6.45, 7) is 15.6. The second-order valence-electron chi connectivity index (χ2n) is 19.5. The van der Waals surface area contributed by atoms with Gasteiger partial charge >= 0.3 is 18.0 Å². The number of aromatic nitrogens is 3. The molecule has 2 aromatic heterocycles. The SMILES string of the molecule is CCCCC(C)C(=O)OCn1cc2cc(CC(NC(=O)N3CCC(c4cc5ccccc5n(COC(=O)C(C)CCCC)c4=O)CC3)C(=O)N3CCN(C4CCN(C)CC4)CC3)cc(C)c2n1. The summed E-state index contributed by atoms with van der Waals surface area (Å²) in [7, 11) is 2.17. The number of ether oxygens (including phenoxy) is 2. The highest BCUT2D eigenvalue weighted by atomic mass is 16.5. The molecule has 3 unspecified atom stereocenters. The van der Waals surface area contributed by atoms with Gasteiger partial charge in [0.2, 0.25) is 5.91 Å². The van der Waals surface area contributed by atoms with Gasteiger partial charge in [0.1, 0.15) is 6.04 Å². The molecule has 0 saturated carbocycles. The molecule has 3 aliphatic rings. The lowest BCUT2D eigenvalue weighted by Gasteiger charge is -2.43. The topological polar surface area (TPSA) is 152 Å². The van der Waals surface area contributed by atoms with E-state index in [-0.39, 0.29) is 60.7 Å². The Labute approximate surface area is 396 Å². The van der Waals surface area contributed by atoms with Crippen molar-refractivity contribution in [3.05, 3.63) is 75.7 Å². The number of urea groups is 1. The van der Waals surface area contributed by atoms with Gasteiger partial charge in [0.25, 0.3) is 5.56 Å². The maximum atomic E-state index is 14.6. The number of amides is 3. The third-order valence-electron chi connectivity index (χ3n) is 14.5. The number of nitrogens with one attached hydrogen (secondary N) is 1. The molecule has 0 bridgehead atoms. The van der Waals surface area contributed by atoms with Crippen LogP contribution < -0.4 is 10.9 Å². The van der Waals surface area contributed by atoms with Gasteiger partial charge in [-0.2, -0.15) is 5.10 Å². The lowest BCUT2D eigenvalue weighted by atomic mass is 9.89. The van der Waals surface area contributed by atoms with E-state index >= 15 is 0 Å². The van der Waals surface area contributed by atoms with E-state index in [4.69, 9.17) is 14.6 Å². The number of piperazine rings is 1. The normalized spacial score (nSPS) is 18.2. The Balaban J connectivity index is 1.04. The predicted molar refractivity (Wildman–Crippen MR) is 260 cm³/mol. The van der Waals surface area contributed by atoms with Gasteiger partial charge in [0.15, 0.2) is 13.5 Å². The number of hydrogen-bond donors (Lipinski definition) is 1. The Morgan fingerprint density at radius 3 is 2.07 bits per heavy atom. The lowest BCUT2D eigenvalue weighted by molar-refractivity contribution is -0.153. The minimum absolute atomic E-state index is 0.0150. The molecule has 0 spiro atoms. The van der Waals surface area contributed by atoms with E-state index in [1.165, 1.54) is 0 Å². The maximum Gasteiger partial charge on any atom is 0.318 e. The van der Waals surface area contributed by atoms with Gasteiger partial charge in [0.05, 0.1) is 22.9 Å². The first kappa shape index (κ1) is 49.6. The van der Waals surface area contributed by atoms with Crippen LogP contribution in [0.2, 0.25) is 0 Å². The molecule has 3 atom stereocenters. The van der Waals surface area contributed by atoms with Crippen molar-refractivity contribution in [2.75, 3.05) is 59.4 Å². The van der Waals surface area contributed by atoms with Gasteiger partial charge in [-0.3, -0.25) is 28.6 Å². The Morgan fingerprint density at radius 1 is 0.776 bits per heavy atom. The Hall–Kier alpha value is -5.28. The van der Waals surface area contributed by atoms with Crippen LogP contribution in [0.3, 0.4) is 0 Å². The largest absolute Gasteiger partial charge is 0.444 e. The van der Waals surface area contributed by atoms with Crippen LogP contribution in [0.1, 0.15) is 115 Å². The second kappa shape index (κ2) is 23.1. The van der Waals surface area contributed by atoms with Crippen molar-refractivity contribution >= 4 is 45.7 Å². The molecule has 3 amide bonds. The molecule has 364 valence electrons. The van der Waals surface area contributed by atoms with E-state index in [9.17, 15) is 24.0 Å².